The lowest BCUT2D eigenvalue weighted by Gasteiger charge is -2.19. The number of rotatable bonds is 6. The van der Waals surface area contributed by atoms with Gasteiger partial charge in [-0.3, -0.25) is 0 Å². The molecule has 0 saturated carbocycles. The molecule has 3 aromatic rings. The van der Waals surface area contributed by atoms with Gasteiger partial charge in [-0.1, -0.05) is 36.4 Å². The Bertz CT molecular complexity index is 1080. The van der Waals surface area contributed by atoms with Crippen LogP contribution in [0.15, 0.2) is 53.5 Å². The number of aliphatic imine (C=N–C) groups is 1. The molecule has 1 unspecified atom stereocenters. The predicted octanol–water partition coefficient (Wildman–Crippen LogP) is 4.28. The smallest absolute Gasteiger partial charge is 0.350 e. The zero-order valence-corrected chi connectivity index (χ0v) is 17.9. The molecule has 0 aliphatic heterocycles. The van der Waals surface area contributed by atoms with Crippen LogP contribution in [0.25, 0.3) is 0 Å². The van der Waals surface area contributed by atoms with Gasteiger partial charge in [0.1, 0.15) is 11.6 Å². The van der Waals surface area contributed by atoms with Crippen LogP contribution < -0.4 is 10.6 Å². The Labute approximate surface area is 183 Å². The molecule has 0 aliphatic rings. The van der Waals surface area contributed by atoms with Crippen molar-refractivity contribution in [3.05, 3.63) is 82.7 Å². The van der Waals surface area contributed by atoms with Gasteiger partial charge in [-0.2, -0.15) is 13.2 Å². The van der Waals surface area contributed by atoms with Crippen LogP contribution >= 0.6 is 0 Å². The minimum atomic E-state index is -4.68. The van der Waals surface area contributed by atoms with Gasteiger partial charge in [-0.05, 0) is 37.1 Å². The molecule has 1 aromatic heterocycles. The standard InChI is InChI=1S/C22H24F4N6/c1-14(16-7-5-4-6-8-16)29-21(28-13-20-31-30-15(2)32(20)3)27-12-17-9-10-18(23)11-19(17)22(24,25)26/h4-11,14H,12-13H2,1-3H3,(H2,27,28,29). The van der Waals surface area contributed by atoms with Gasteiger partial charge in [-0.25, -0.2) is 9.38 Å². The van der Waals surface area contributed by atoms with E-state index in [4.69, 9.17) is 0 Å². The van der Waals surface area contributed by atoms with Gasteiger partial charge in [0.2, 0.25) is 0 Å². The van der Waals surface area contributed by atoms with E-state index in [0.717, 1.165) is 23.5 Å². The summed E-state index contributed by atoms with van der Waals surface area (Å²) in [6.07, 6.45) is -4.68. The number of benzene rings is 2. The van der Waals surface area contributed by atoms with Crippen LogP contribution in [0.5, 0.6) is 0 Å². The molecule has 1 atom stereocenters. The first-order valence-electron chi connectivity index (χ1n) is 9.95. The normalized spacial score (nSPS) is 13.2. The first-order valence-corrected chi connectivity index (χ1v) is 9.95. The SMILES string of the molecule is Cc1nnc(CNC(=NCc2ccc(F)cc2C(F)(F)F)NC(C)c2ccccc2)n1C. The summed E-state index contributed by atoms with van der Waals surface area (Å²) in [7, 11) is 1.82. The van der Waals surface area contributed by atoms with Crippen LogP contribution in [0.1, 0.15) is 41.3 Å². The Morgan fingerprint density at radius 1 is 1.12 bits per heavy atom. The van der Waals surface area contributed by atoms with Gasteiger partial charge in [-0.15, -0.1) is 10.2 Å². The van der Waals surface area contributed by atoms with Gasteiger partial charge < -0.3 is 15.2 Å². The van der Waals surface area contributed by atoms with Gasteiger partial charge in [0.25, 0.3) is 0 Å². The van der Waals surface area contributed by atoms with E-state index >= 15 is 0 Å². The average Bonchev–Trinajstić information content (AvgIpc) is 3.08. The summed E-state index contributed by atoms with van der Waals surface area (Å²) < 4.78 is 55.2. The second kappa shape index (κ2) is 9.80. The van der Waals surface area contributed by atoms with E-state index in [1.807, 2.05) is 51.2 Å². The first kappa shape index (κ1) is 23.2. The van der Waals surface area contributed by atoms with Crippen LogP contribution in [0, 0.1) is 12.7 Å². The summed E-state index contributed by atoms with van der Waals surface area (Å²) in [5.41, 5.74) is -0.184. The number of halogens is 4. The molecule has 32 heavy (non-hydrogen) atoms. The molecule has 0 radical (unpaired) electrons. The highest BCUT2D eigenvalue weighted by atomic mass is 19.4. The van der Waals surface area contributed by atoms with E-state index in [9.17, 15) is 17.6 Å². The van der Waals surface area contributed by atoms with Crippen LogP contribution in [0.3, 0.4) is 0 Å². The Morgan fingerprint density at radius 3 is 2.47 bits per heavy atom. The maximum absolute atomic E-state index is 13.4. The van der Waals surface area contributed by atoms with Gasteiger partial charge in [0, 0.05) is 7.05 Å². The van der Waals surface area contributed by atoms with Crippen molar-refractivity contribution in [3.8, 4) is 0 Å². The second-order valence-corrected chi connectivity index (χ2v) is 7.32. The average molecular weight is 448 g/mol. The lowest BCUT2D eigenvalue weighted by molar-refractivity contribution is -0.138. The Hall–Kier alpha value is -3.43. The number of aromatic nitrogens is 3. The fraction of sp³-hybridized carbons (Fsp3) is 0.318. The minimum absolute atomic E-state index is 0.123. The molecule has 3 rings (SSSR count). The zero-order chi connectivity index (χ0) is 23.3. The fourth-order valence-electron chi connectivity index (χ4n) is 3.07. The van der Waals surface area contributed by atoms with Crippen LogP contribution in [0.2, 0.25) is 0 Å². The molecule has 0 aliphatic carbocycles. The van der Waals surface area contributed by atoms with Gasteiger partial charge >= 0.3 is 6.18 Å². The van der Waals surface area contributed by atoms with E-state index in [1.165, 1.54) is 0 Å². The number of alkyl halides is 3. The monoisotopic (exact) mass is 448 g/mol. The summed E-state index contributed by atoms with van der Waals surface area (Å²) >= 11 is 0. The molecule has 0 bridgehead atoms. The minimum Gasteiger partial charge on any atom is -0.350 e. The maximum atomic E-state index is 13.4. The molecule has 0 fully saturated rings. The molecule has 2 aromatic carbocycles. The molecular weight excluding hydrogens is 424 g/mol. The molecule has 0 saturated heterocycles. The summed E-state index contributed by atoms with van der Waals surface area (Å²) in [6, 6.07) is 12.0. The molecule has 170 valence electrons. The van der Waals surface area contributed by atoms with Crippen molar-refractivity contribution in [2.75, 3.05) is 0 Å². The van der Waals surface area contributed by atoms with E-state index < -0.39 is 17.6 Å². The Morgan fingerprint density at radius 2 is 1.84 bits per heavy atom. The van der Waals surface area contributed by atoms with E-state index in [1.54, 1.807) is 4.57 Å². The third kappa shape index (κ3) is 5.83. The predicted molar refractivity (Wildman–Crippen MR) is 113 cm³/mol. The Kier molecular flexibility index (Phi) is 7.12. The number of guanidine groups is 1. The van der Waals surface area contributed by atoms with Gasteiger partial charge in [0.15, 0.2) is 11.8 Å². The van der Waals surface area contributed by atoms with Crippen LogP contribution in [-0.4, -0.2) is 20.7 Å². The molecule has 0 amide bonds. The quantitative estimate of drug-likeness (QED) is 0.336. The fourth-order valence-corrected chi connectivity index (χ4v) is 3.07. The number of nitrogens with zero attached hydrogens (tertiary/aromatic N) is 4. The summed E-state index contributed by atoms with van der Waals surface area (Å²) in [4.78, 5) is 4.33. The second-order valence-electron chi connectivity index (χ2n) is 7.32. The molecular formula is C22H24F4N6. The molecule has 10 heteroatoms. The number of aryl methyl sites for hydroxylation is 1. The number of hydrogen-bond acceptors (Lipinski definition) is 3. The third-order valence-corrected chi connectivity index (χ3v) is 5.03. The van der Waals surface area contributed by atoms with Crippen LogP contribution in [0.4, 0.5) is 17.6 Å². The van der Waals surface area contributed by atoms with Crippen molar-refractivity contribution in [2.45, 2.75) is 39.2 Å². The topological polar surface area (TPSA) is 67.1 Å². The van der Waals surface area contributed by atoms with Crippen molar-refractivity contribution >= 4 is 5.96 Å². The highest BCUT2D eigenvalue weighted by Crippen LogP contribution is 2.32. The largest absolute Gasteiger partial charge is 0.416 e. The number of nitrogens with one attached hydrogen (secondary N) is 2. The summed E-state index contributed by atoms with van der Waals surface area (Å²) in [5.74, 6) is 0.713. The van der Waals surface area contributed by atoms with E-state index in [-0.39, 0.29) is 24.7 Å². The van der Waals surface area contributed by atoms with Crippen LogP contribution in [-0.2, 0) is 26.3 Å². The highest BCUT2D eigenvalue weighted by Gasteiger charge is 2.33. The van der Waals surface area contributed by atoms with Crippen molar-refractivity contribution in [1.29, 1.82) is 0 Å². The molecule has 1 heterocycles. The van der Waals surface area contributed by atoms with Crippen molar-refractivity contribution in [2.24, 2.45) is 12.0 Å². The molecule has 2 N–H and O–H groups in total. The van der Waals surface area contributed by atoms with E-state index in [0.29, 0.717) is 17.9 Å². The van der Waals surface area contributed by atoms with Gasteiger partial charge in [0.05, 0.1) is 24.7 Å². The van der Waals surface area contributed by atoms with Crippen molar-refractivity contribution < 1.29 is 17.6 Å². The van der Waals surface area contributed by atoms with Crippen molar-refractivity contribution in [1.82, 2.24) is 25.4 Å². The lowest BCUT2D eigenvalue weighted by Crippen LogP contribution is -2.39. The van der Waals surface area contributed by atoms with Crippen molar-refractivity contribution in [3.63, 3.8) is 0 Å². The zero-order valence-electron chi connectivity index (χ0n) is 17.9. The summed E-state index contributed by atoms with van der Waals surface area (Å²) in [5, 5.41) is 14.4. The lowest BCUT2D eigenvalue weighted by atomic mass is 10.1. The highest BCUT2D eigenvalue weighted by molar-refractivity contribution is 5.80. The number of hydrogen-bond donors (Lipinski definition) is 2. The maximum Gasteiger partial charge on any atom is 0.416 e. The first-order chi connectivity index (χ1) is 15.1. The van der Waals surface area contributed by atoms with E-state index in [2.05, 4.69) is 25.8 Å². The molecule has 0 spiro atoms. The Balaban J connectivity index is 1.84. The molecule has 6 nitrogen and oxygen atoms in total. The summed E-state index contributed by atoms with van der Waals surface area (Å²) in [6.45, 7) is 3.70. The third-order valence-electron chi connectivity index (χ3n) is 5.03.